The Morgan fingerprint density at radius 1 is 1.03 bits per heavy atom. The number of benzene rings is 2. The highest BCUT2D eigenvalue weighted by molar-refractivity contribution is 5.94. The molecule has 30 heavy (non-hydrogen) atoms. The Labute approximate surface area is 174 Å². The van der Waals surface area contributed by atoms with Crippen LogP contribution in [0.15, 0.2) is 36.4 Å². The first-order chi connectivity index (χ1) is 14.7. The van der Waals surface area contributed by atoms with Crippen LogP contribution in [0.5, 0.6) is 17.2 Å². The Bertz CT molecular complexity index is 1070. The second-order valence-corrected chi connectivity index (χ2v) is 7.84. The largest absolute Gasteiger partial charge is 0.492 e. The molecule has 0 bridgehead atoms. The van der Waals surface area contributed by atoms with E-state index in [1.165, 1.54) is 5.56 Å². The molecule has 1 saturated heterocycles. The number of likely N-dealkylation sites (tertiary alicyclic amines) is 1. The molecule has 1 fully saturated rings. The van der Waals surface area contributed by atoms with Gasteiger partial charge in [-0.15, -0.1) is 0 Å². The van der Waals surface area contributed by atoms with Gasteiger partial charge in [0.15, 0.2) is 11.5 Å². The minimum Gasteiger partial charge on any atom is -0.492 e. The number of ether oxygens (including phenoxy) is 3. The number of nitrogen functional groups attached to an aromatic ring is 2. The van der Waals surface area contributed by atoms with Crippen molar-refractivity contribution in [2.24, 2.45) is 5.92 Å². The highest BCUT2D eigenvalue weighted by atomic mass is 16.7. The molecule has 8 nitrogen and oxygen atoms in total. The summed E-state index contributed by atoms with van der Waals surface area (Å²) >= 11 is 0. The van der Waals surface area contributed by atoms with Gasteiger partial charge in [0.2, 0.25) is 12.7 Å². The first kappa shape index (κ1) is 18.7. The van der Waals surface area contributed by atoms with E-state index in [4.69, 9.17) is 25.7 Å². The summed E-state index contributed by atoms with van der Waals surface area (Å²) in [4.78, 5) is 10.8. The summed E-state index contributed by atoms with van der Waals surface area (Å²) in [5, 5.41) is 0.729. The van der Waals surface area contributed by atoms with Gasteiger partial charge in [-0.3, -0.25) is 4.90 Å². The first-order valence-corrected chi connectivity index (χ1v) is 10.2. The maximum absolute atomic E-state index is 6.13. The molecule has 0 spiro atoms. The van der Waals surface area contributed by atoms with E-state index >= 15 is 0 Å². The van der Waals surface area contributed by atoms with Gasteiger partial charge in [-0.25, -0.2) is 4.98 Å². The normalized spacial score (nSPS) is 16.8. The Kier molecular flexibility index (Phi) is 4.92. The van der Waals surface area contributed by atoms with E-state index in [0.29, 0.717) is 36.4 Å². The Hall–Kier alpha value is -3.26. The molecule has 0 unspecified atom stereocenters. The third-order valence-electron chi connectivity index (χ3n) is 5.76. The van der Waals surface area contributed by atoms with Crippen LogP contribution in [-0.4, -0.2) is 41.4 Å². The van der Waals surface area contributed by atoms with Crippen LogP contribution in [0.2, 0.25) is 0 Å². The molecule has 5 rings (SSSR count). The van der Waals surface area contributed by atoms with Crippen LogP contribution in [0.1, 0.15) is 18.4 Å². The van der Waals surface area contributed by atoms with Crippen LogP contribution in [0.25, 0.3) is 10.9 Å². The van der Waals surface area contributed by atoms with Gasteiger partial charge in [0.05, 0.1) is 17.5 Å². The predicted molar refractivity (Wildman–Crippen MR) is 114 cm³/mol. The average molecular weight is 407 g/mol. The predicted octanol–water partition coefficient (Wildman–Crippen LogP) is 2.81. The monoisotopic (exact) mass is 407 g/mol. The highest BCUT2D eigenvalue weighted by Crippen LogP contribution is 2.33. The fourth-order valence-corrected chi connectivity index (χ4v) is 4.13. The van der Waals surface area contributed by atoms with Crippen LogP contribution in [-0.2, 0) is 6.54 Å². The molecular formula is C22H25N5O3. The molecule has 0 atom stereocenters. The smallest absolute Gasteiger partial charge is 0.231 e. The minimum absolute atomic E-state index is 0.173. The summed E-state index contributed by atoms with van der Waals surface area (Å²) in [6.45, 7) is 3.97. The molecule has 2 aliphatic heterocycles. The van der Waals surface area contributed by atoms with Crippen molar-refractivity contribution >= 4 is 22.7 Å². The topological polar surface area (TPSA) is 109 Å². The second kappa shape index (κ2) is 7.87. The molecule has 3 aromatic rings. The average Bonchev–Trinajstić information content (AvgIpc) is 3.21. The maximum Gasteiger partial charge on any atom is 0.231 e. The van der Waals surface area contributed by atoms with Gasteiger partial charge in [-0.05, 0) is 61.7 Å². The van der Waals surface area contributed by atoms with Crippen molar-refractivity contribution in [1.29, 1.82) is 0 Å². The van der Waals surface area contributed by atoms with E-state index in [-0.39, 0.29) is 5.95 Å². The Morgan fingerprint density at radius 2 is 1.87 bits per heavy atom. The van der Waals surface area contributed by atoms with Crippen LogP contribution in [0.4, 0.5) is 11.8 Å². The molecular weight excluding hydrogens is 382 g/mol. The minimum atomic E-state index is 0.173. The number of hydrogen-bond donors (Lipinski definition) is 2. The number of nitrogens with zero attached hydrogens (tertiary/aromatic N) is 3. The molecule has 0 saturated carbocycles. The van der Waals surface area contributed by atoms with Gasteiger partial charge in [0, 0.05) is 6.54 Å². The van der Waals surface area contributed by atoms with E-state index in [1.54, 1.807) is 0 Å². The fourth-order valence-electron chi connectivity index (χ4n) is 4.13. The van der Waals surface area contributed by atoms with Crippen molar-refractivity contribution in [3.05, 3.63) is 42.0 Å². The number of aromatic nitrogens is 2. The van der Waals surface area contributed by atoms with Crippen molar-refractivity contribution in [2.45, 2.75) is 19.4 Å². The molecule has 0 radical (unpaired) electrons. The molecule has 3 heterocycles. The molecule has 0 amide bonds. The van der Waals surface area contributed by atoms with E-state index in [1.807, 2.05) is 24.3 Å². The van der Waals surface area contributed by atoms with Gasteiger partial charge in [0.25, 0.3) is 0 Å². The zero-order valence-corrected chi connectivity index (χ0v) is 16.7. The van der Waals surface area contributed by atoms with Crippen LogP contribution in [0.3, 0.4) is 0 Å². The van der Waals surface area contributed by atoms with E-state index in [0.717, 1.165) is 49.4 Å². The van der Waals surface area contributed by atoms with E-state index in [2.05, 4.69) is 27.0 Å². The molecule has 4 N–H and O–H groups in total. The Balaban J connectivity index is 1.17. The third kappa shape index (κ3) is 3.78. The summed E-state index contributed by atoms with van der Waals surface area (Å²) in [5.74, 6) is 3.42. The van der Waals surface area contributed by atoms with Crippen LogP contribution < -0.4 is 25.7 Å². The second-order valence-electron chi connectivity index (χ2n) is 7.84. The molecule has 8 heteroatoms. The lowest BCUT2D eigenvalue weighted by Crippen LogP contribution is -2.35. The van der Waals surface area contributed by atoms with Crippen molar-refractivity contribution in [3.63, 3.8) is 0 Å². The lowest BCUT2D eigenvalue weighted by Gasteiger charge is -2.32. The SMILES string of the molecule is Nc1nc(N)c2c(OCC3CCN(Cc4ccc5c(c4)OCO5)CC3)cccc2n1. The maximum atomic E-state index is 6.13. The number of rotatable bonds is 5. The molecule has 156 valence electrons. The van der Waals surface area contributed by atoms with Crippen molar-refractivity contribution in [2.75, 3.05) is 38.0 Å². The van der Waals surface area contributed by atoms with Crippen molar-refractivity contribution in [1.82, 2.24) is 14.9 Å². The van der Waals surface area contributed by atoms with Crippen molar-refractivity contribution in [3.8, 4) is 17.2 Å². The zero-order valence-electron chi connectivity index (χ0n) is 16.7. The number of piperidine rings is 1. The first-order valence-electron chi connectivity index (χ1n) is 10.2. The number of hydrogen-bond acceptors (Lipinski definition) is 8. The summed E-state index contributed by atoms with van der Waals surface area (Å²) in [6.07, 6.45) is 2.18. The quantitative estimate of drug-likeness (QED) is 0.665. The lowest BCUT2D eigenvalue weighted by molar-refractivity contribution is 0.137. The number of anilines is 2. The van der Waals surface area contributed by atoms with Gasteiger partial charge in [-0.2, -0.15) is 4.98 Å². The zero-order chi connectivity index (χ0) is 20.5. The molecule has 0 aliphatic carbocycles. The standard InChI is InChI=1S/C22H25N5O3/c23-21-20-16(25-22(24)26-21)2-1-3-18(20)28-12-14-6-8-27(9-7-14)11-15-4-5-17-19(10-15)30-13-29-17/h1-5,10,14H,6-9,11-13H2,(H4,23,24,25,26). The van der Waals surface area contributed by atoms with Crippen LogP contribution >= 0.6 is 0 Å². The lowest BCUT2D eigenvalue weighted by atomic mass is 9.97. The van der Waals surface area contributed by atoms with E-state index < -0.39 is 0 Å². The van der Waals surface area contributed by atoms with E-state index in [9.17, 15) is 0 Å². The Morgan fingerprint density at radius 3 is 2.73 bits per heavy atom. The summed E-state index contributed by atoms with van der Waals surface area (Å²) < 4.78 is 17.0. The number of fused-ring (bicyclic) bond motifs is 2. The van der Waals surface area contributed by atoms with Crippen molar-refractivity contribution < 1.29 is 14.2 Å². The summed E-state index contributed by atoms with van der Waals surface area (Å²) in [5.41, 5.74) is 13.7. The number of nitrogens with two attached hydrogens (primary N) is 2. The molecule has 1 aromatic heterocycles. The molecule has 2 aliphatic rings. The van der Waals surface area contributed by atoms with Crippen LogP contribution in [0, 0.1) is 5.92 Å². The van der Waals surface area contributed by atoms with Gasteiger partial charge in [-0.1, -0.05) is 12.1 Å². The van der Waals surface area contributed by atoms with Gasteiger partial charge >= 0.3 is 0 Å². The molecule has 2 aromatic carbocycles. The summed E-state index contributed by atoms with van der Waals surface area (Å²) in [6, 6.07) is 11.9. The highest BCUT2D eigenvalue weighted by Gasteiger charge is 2.21. The van der Waals surface area contributed by atoms with Gasteiger partial charge in [0.1, 0.15) is 11.6 Å². The third-order valence-corrected chi connectivity index (χ3v) is 5.76. The van der Waals surface area contributed by atoms with Gasteiger partial charge < -0.3 is 25.7 Å². The summed E-state index contributed by atoms with van der Waals surface area (Å²) in [7, 11) is 0. The fraction of sp³-hybridized carbons (Fsp3) is 0.364.